The maximum atomic E-state index is 5.07. The topological polar surface area (TPSA) is 70.2 Å². The second-order valence-electron chi connectivity index (χ2n) is 7.55. The molecule has 7 aromatic heterocycles. The fourth-order valence-corrected chi connectivity index (χ4v) is 4.18. The zero-order valence-electron chi connectivity index (χ0n) is 16.8. The van der Waals surface area contributed by atoms with Gasteiger partial charge in [0.15, 0.2) is 11.5 Å². The molecule has 0 N–H and O–H groups in total. The van der Waals surface area contributed by atoms with E-state index in [9.17, 15) is 0 Å². The molecule has 0 spiro atoms. The first-order valence-electron chi connectivity index (χ1n) is 10.2. The Morgan fingerprint density at radius 3 is 2.75 bits per heavy atom. The van der Waals surface area contributed by atoms with Crippen LogP contribution in [-0.2, 0) is 0 Å². The smallest absolute Gasteiger partial charge is 0.179 e. The Labute approximate surface area is 181 Å². The van der Waals surface area contributed by atoms with E-state index in [1.54, 1.807) is 18.7 Å². The van der Waals surface area contributed by atoms with Gasteiger partial charge in [0.05, 0.1) is 17.6 Å². The van der Waals surface area contributed by atoms with Crippen LogP contribution in [0.25, 0.3) is 45.1 Å². The van der Waals surface area contributed by atoms with Gasteiger partial charge in [-0.05, 0) is 48.5 Å². The van der Waals surface area contributed by atoms with Crippen LogP contribution >= 0.6 is 0 Å². The molecule has 0 aromatic carbocycles. The largest absolute Gasteiger partial charge is 0.324 e. The molecular weight excluding hydrogens is 400 g/mol. The lowest BCUT2D eigenvalue weighted by molar-refractivity contribution is 0.685. The van der Waals surface area contributed by atoms with Crippen molar-refractivity contribution in [3.05, 3.63) is 98.1 Å². The van der Waals surface area contributed by atoms with E-state index in [0.717, 1.165) is 39.5 Å². The molecule has 0 saturated carbocycles. The highest BCUT2D eigenvalue weighted by Gasteiger charge is 2.17. The van der Waals surface area contributed by atoms with Gasteiger partial charge in [-0.2, -0.15) is 0 Å². The van der Waals surface area contributed by atoms with Crippen LogP contribution in [0.2, 0.25) is 0 Å². The first kappa shape index (κ1) is 17.0. The molecule has 7 rings (SSSR count). The molecule has 0 saturated heterocycles. The number of hydrogen-bond donors (Lipinski definition) is 0. The summed E-state index contributed by atoms with van der Waals surface area (Å²) in [5.41, 5.74) is 6.41. The molecule has 152 valence electrons. The van der Waals surface area contributed by atoms with Crippen molar-refractivity contribution < 1.29 is 0 Å². The van der Waals surface area contributed by atoms with Crippen molar-refractivity contribution in [1.82, 2.24) is 38.1 Å². The van der Waals surface area contributed by atoms with E-state index in [2.05, 4.69) is 43.7 Å². The van der Waals surface area contributed by atoms with Gasteiger partial charge in [-0.1, -0.05) is 6.07 Å². The van der Waals surface area contributed by atoms with Crippen molar-refractivity contribution in [2.75, 3.05) is 0 Å². The van der Waals surface area contributed by atoms with Gasteiger partial charge in [0.1, 0.15) is 17.5 Å². The van der Waals surface area contributed by atoms with Gasteiger partial charge in [-0.25, -0.2) is 29.3 Å². The molecule has 8 heteroatoms. The molecule has 0 bridgehead atoms. The lowest BCUT2D eigenvalue weighted by Crippen LogP contribution is -2.09. The van der Waals surface area contributed by atoms with E-state index >= 15 is 0 Å². The Morgan fingerprint density at radius 2 is 1.75 bits per heavy atom. The van der Waals surface area contributed by atoms with Crippen LogP contribution in [0.4, 0.5) is 0 Å². The molecule has 0 amide bonds. The molecule has 0 aliphatic heterocycles. The fraction of sp³-hybridized carbons (Fsp3) is 0. The molecule has 32 heavy (non-hydrogen) atoms. The minimum Gasteiger partial charge on any atom is -0.324 e. The average molecular weight is 416 g/mol. The van der Waals surface area contributed by atoms with E-state index in [4.69, 9.17) is 4.98 Å². The summed E-state index contributed by atoms with van der Waals surface area (Å²) in [5, 5.41) is 0. The predicted octanol–water partition coefficient (Wildman–Crippen LogP) is 4.17. The van der Waals surface area contributed by atoms with Crippen LogP contribution in [0.15, 0.2) is 98.1 Å². The van der Waals surface area contributed by atoms with E-state index in [-0.39, 0.29) is 0 Å². The molecular formula is C24H16N8. The highest BCUT2D eigenvalue weighted by Crippen LogP contribution is 2.28. The van der Waals surface area contributed by atoms with Crippen LogP contribution in [0, 0.1) is 0 Å². The van der Waals surface area contributed by atoms with E-state index in [0.29, 0.717) is 5.65 Å². The Morgan fingerprint density at radius 1 is 0.750 bits per heavy atom. The molecule has 7 aromatic rings. The van der Waals surface area contributed by atoms with Gasteiger partial charge in [-0.3, -0.25) is 4.40 Å². The standard InChI is InChI=1S/C24H16N8/c1-5-21(30-13-10-25-22(30)7-1)24-28-19(17-8-12-29-11-3-4-18(29)14-17)15-31(24)32-16-27-23-20(32)6-2-9-26-23/h1-16H. The van der Waals surface area contributed by atoms with Crippen molar-refractivity contribution in [3.8, 4) is 22.8 Å². The molecule has 0 radical (unpaired) electrons. The van der Waals surface area contributed by atoms with E-state index in [1.165, 1.54) is 0 Å². The summed E-state index contributed by atoms with van der Waals surface area (Å²) < 4.78 is 8.11. The predicted molar refractivity (Wildman–Crippen MR) is 121 cm³/mol. The molecule has 0 fully saturated rings. The molecule has 0 aliphatic rings. The Balaban J connectivity index is 1.52. The highest BCUT2D eigenvalue weighted by molar-refractivity contribution is 5.72. The highest BCUT2D eigenvalue weighted by atomic mass is 15.5. The molecule has 0 aliphatic carbocycles. The summed E-state index contributed by atoms with van der Waals surface area (Å²) in [4.78, 5) is 18.4. The van der Waals surface area contributed by atoms with Gasteiger partial charge in [0, 0.05) is 42.1 Å². The van der Waals surface area contributed by atoms with Gasteiger partial charge in [0.25, 0.3) is 0 Å². The Kier molecular flexibility index (Phi) is 3.40. The normalized spacial score (nSPS) is 11.8. The summed E-state index contributed by atoms with van der Waals surface area (Å²) in [7, 11) is 0. The van der Waals surface area contributed by atoms with Crippen molar-refractivity contribution in [2.45, 2.75) is 0 Å². The number of fused-ring (bicyclic) bond motifs is 3. The second-order valence-corrected chi connectivity index (χ2v) is 7.55. The number of hydrogen-bond acceptors (Lipinski definition) is 4. The maximum absolute atomic E-state index is 5.07. The van der Waals surface area contributed by atoms with Crippen molar-refractivity contribution in [2.24, 2.45) is 0 Å². The third kappa shape index (κ3) is 2.43. The monoisotopic (exact) mass is 416 g/mol. The minimum atomic E-state index is 0.684. The maximum Gasteiger partial charge on any atom is 0.179 e. The summed E-state index contributed by atoms with van der Waals surface area (Å²) in [6, 6.07) is 18.3. The lowest BCUT2D eigenvalue weighted by atomic mass is 10.2. The average Bonchev–Trinajstić information content (AvgIpc) is 3.62. The quantitative estimate of drug-likeness (QED) is 0.433. The number of aromatic nitrogens is 8. The zero-order chi connectivity index (χ0) is 21.1. The SMILES string of the molecule is c1cnc2ncn(-n3cc(-c4ccn5cccc5c4)nc3-c3cccc4nccn34)c2c1. The molecule has 0 atom stereocenters. The summed E-state index contributed by atoms with van der Waals surface area (Å²) in [6.45, 7) is 0. The van der Waals surface area contributed by atoms with Gasteiger partial charge < -0.3 is 4.40 Å². The summed E-state index contributed by atoms with van der Waals surface area (Å²) in [6.07, 6.45) is 13.4. The first-order valence-corrected chi connectivity index (χ1v) is 10.2. The van der Waals surface area contributed by atoms with Crippen LogP contribution in [0.1, 0.15) is 0 Å². The molecule has 8 nitrogen and oxygen atoms in total. The van der Waals surface area contributed by atoms with Gasteiger partial charge in [-0.15, -0.1) is 0 Å². The minimum absolute atomic E-state index is 0.684. The van der Waals surface area contributed by atoms with Gasteiger partial charge >= 0.3 is 0 Å². The van der Waals surface area contributed by atoms with Crippen molar-refractivity contribution in [1.29, 1.82) is 0 Å². The van der Waals surface area contributed by atoms with Crippen LogP contribution in [0.5, 0.6) is 0 Å². The first-order chi connectivity index (χ1) is 15.8. The van der Waals surface area contributed by atoms with Crippen molar-refractivity contribution >= 4 is 22.3 Å². The second kappa shape index (κ2) is 6.39. The lowest BCUT2D eigenvalue weighted by Gasteiger charge is -2.11. The van der Waals surface area contributed by atoms with Crippen LogP contribution in [0.3, 0.4) is 0 Å². The number of nitrogens with zero attached hydrogens (tertiary/aromatic N) is 8. The van der Waals surface area contributed by atoms with E-state index < -0.39 is 0 Å². The third-order valence-corrected chi connectivity index (χ3v) is 5.71. The van der Waals surface area contributed by atoms with Gasteiger partial charge in [0.2, 0.25) is 0 Å². The number of imidazole rings is 3. The summed E-state index contributed by atoms with van der Waals surface area (Å²) >= 11 is 0. The Bertz CT molecular complexity index is 1750. The van der Waals surface area contributed by atoms with Crippen LogP contribution in [-0.4, -0.2) is 38.1 Å². The van der Waals surface area contributed by atoms with Crippen molar-refractivity contribution in [3.63, 3.8) is 0 Å². The number of pyridine rings is 3. The zero-order valence-corrected chi connectivity index (χ0v) is 16.8. The Hall–Kier alpha value is -4.72. The van der Waals surface area contributed by atoms with Crippen LogP contribution < -0.4 is 0 Å². The fourth-order valence-electron chi connectivity index (χ4n) is 4.18. The molecule has 7 heterocycles. The van der Waals surface area contributed by atoms with E-state index in [1.807, 2.05) is 68.7 Å². The molecule has 0 unspecified atom stereocenters. The summed E-state index contributed by atoms with van der Waals surface area (Å²) in [5.74, 6) is 0.780. The third-order valence-electron chi connectivity index (χ3n) is 5.71. The number of rotatable bonds is 3.